The van der Waals surface area contributed by atoms with E-state index in [-0.39, 0.29) is 0 Å². The van der Waals surface area contributed by atoms with E-state index in [0.29, 0.717) is 27.1 Å². The van der Waals surface area contributed by atoms with Crippen molar-refractivity contribution in [1.29, 1.82) is 0 Å². The highest BCUT2D eigenvalue weighted by molar-refractivity contribution is 5.46. The molecule has 0 N–H and O–H groups in total. The molecule has 124 valence electrons. The molecule has 0 aromatic carbocycles. The van der Waals surface area contributed by atoms with Gasteiger partial charge in [-0.05, 0) is 74.9 Å². The first-order chi connectivity index (χ1) is 10.0. The molecule has 5 fully saturated rings. The lowest BCUT2D eigenvalue weighted by Gasteiger charge is -3.04. The smallest absolute Gasteiger partial charge is 0.0167 e. The van der Waals surface area contributed by atoms with Crippen LogP contribution >= 0.6 is 0 Å². The van der Waals surface area contributed by atoms with Crippen LogP contribution in [0, 0.1) is 68.5 Å². The fraction of sp³-hybridized carbons (Fsp3) is 1.00. The molecule has 0 saturated heterocycles. The van der Waals surface area contributed by atoms with Gasteiger partial charge in [0.15, 0.2) is 0 Å². The maximum atomic E-state index is 2.72. The van der Waals surface area contributed by atoms with E-state index in [9.17, 15) is 0 Å². The van der Waals surface area contributed by atoms with Crippen LogP contribution in [0.15, 0.2) is 0 Å². The van der Waals surface area contributed by atoms with Crippen molar-refractivity contribution in [3.63, 3.8) is 0 Å². The van der Waals surface area contributed by atoms with Crippen LogP contribution in [0.3, 0.4) is 0 Å². The summed E-state index contributed by atoms with van der Waals surface area (Å²) in [5.41, 5.74) is 3.08. The Hall–Kier alpha value is 0. The fourth-order valence-electron chi connectivity index (χ4n) is 11.2. The first-order valence-corrected chi connectivity index (χ1v) is 10.0. The Morgan fingerprint density at radius 3 is 1.73 bits per heavy atom. The minimum Gasteiger partial charge on any atom is -0.0648 e. The minimum absolute atomic E-state index is 0.580. The predicted octanol–water partition coefficient (Wildman–Crippen LogP) is 5.87. The van der Waals surface area contributed by atoms with E-state index >= 15 is 0 Å². The van der Waals surface area contributed by atoms with E-state index in [1.165, 1.54) is 6.42 Å². The van der Waals surface area contributed by atoms with Gasteiger partial charge in [-0.3, -0.25) is 0 Å². The lowest BCUT2D eigenvalue weighted by atomic mass is 9.00. The van der Waals surface area contributed by atoms with Gasteiger partial charge in [-0.15, -0.1) is 0 Å². The van der Waals surface area contributed by atoms with Crippen molar-refractivity contribution in [3.05, 3.63) is 0 Å². The highest BCUT2D eigenvalue weighted by Gasteiger charge is 3.00. The Balaban J connectivity index is 1.63. The minimum atomic E-state index is 0.580. The molecule has 0 bridgehead atoms. The standard InChI is InChI=1S/C22H36/c1-10-18(5)13(4)15-17-16-14-11(2)12(3)19(14,6)21(16,8)22(17,9)20(15,18)7/h11-17H,10H2,1-9H3. The summed E-state index contributed by atoms with van der Waals surface area (Å²) in [5, 5.41) is 0. The van der Waals surface area contributed by atoms with Crippen molar-refractivity contribution >= 4 is 0 Å². The maximum Gasteiger partial charge on any atom is -0.0167 e. The summed E-state index contributed by atoms with van der Waals surface area (Å²) in [6, 6.07) is 0. The number of fused-ring (bicyclic) bond motifs is 10. The zero-order valence-electron chi connectivity index (χ0n) is 16.2. The fourth-order valence-corrected chi connectivity index (χ4v) is 11.2. The van der Waals surface area contributed by atoms with Gasteiger partial charge in [0.25, 0.3) is 0 Å². The third kappa shape index (κ3) is 0.737. The van der Waals surface area contributed by atoms with Crippen molar-refractivity contribution in [1.82, 2.24) is 0 Å². The molecular weight excluding hydrogens is 264 g/mol. The normalized spacial score (nSPS) is 79.8. The van der Waals surface area contributed by atoms with Crippen molar-refractivity contribution in [2.24, 2.45) is 68.5 Å². The Morgan fingerprint density at radius 1 is 0.636 bits per heavy atom. The van der Waals surface area contributed by atoms with Crippen LogP contribution in [0.5, 0.6) is 0 Å². The summed E-state index contributed by atoms with van der Waals surface area (Å²) >= 11 is 0. The van der Waals surface area contributed by atoms with Gasteiger partial charge < -0.3 is 0 Å². The zero-order valence-corrected chi connectivity index (χ0v) is 16.2. The van der Waals surface area contributed by atoms with Gasteiger partial charge in [0, 0.05) is 0 Å². The second-order valence-corrected chi connectivity index (χ2v) is 11.2. The summed E-state index contributed by atoms with van der Waals surface area (Å²) in [6.07, 6.45) is 1.37. The van der Waals surface area contributed by atoms with Gasteiger partial charge in [-0.25, -0.2) is 0 Å². The quantitative estimate of drug-likeness (QED) is 0.531. The predicted molar refractivity (Wildman–Crippen MR) is 92.3 cm³/mol. The molecule has 0 amide bonds. The van der Waals surface area contributed by atoms with E-state index in [4.69, 9.17) is 0 Å². The lowest BCUT2D eigenvalue weighted by molar-refractivity contribution is -0.574. The van der Waals surface area contributed by atoms with E-state index in [1.807, 2.05) is 0 Å². The molecule has 5 aliphatic rings. The van der Waals surface area contributed by atoms with Crippen LogP contribution in [0.2, 0.25) is 0 Å². The van der Waals surface area contributed by atoms with Gasteiger partial charge in [0.2, 0.25) is 0 Å². The Kier molecular flexibility index (Phi) is 2.03. The van der Waals surface area contributed by atoms with Crippen LogP contribution in [0.4, 0.5) is 0 Å². The van der Waals surface area contributed by atoms with Crippen LogP contribution < -0.4 is 0 Å². The van der Waals surface area contributed by atoms with Gasteiger partial charge in [0.1, 0.15) is 0 Å². The van der Waals surface area contributed by atoms with Gasteiger partial charge in [0.05, 0.1) is 0 Å². The molecule has 0 spiro atoms. The van der Waals surface area contributed by atoms with Crippen LogP contribution in [-0.2, 0) is 0 Å². The van der Waals surface area contributed by atoms with Gasteiger partial charge in [-0.1, -0.05) is 62.3 Å². The summed E-state index contributed by atoms with van der Waals surface area (Å²) in [6.45, 7) is 23.6. The van der Waals surface area contributed by atoms with Crippen LogP contribution in [0.25, 0.3) is 0 Å². The second-order valence-electron chi connectivity index (χ2n) is 11.2. The molecule has 22 heavy (non-hydrogen) atoms. The highest BCUT2D eigenvalue weighted by atomic mass is 15.0. The molecule has 5 rings (SSSR count). The average Bonchev–Trinajstić information content (AvgIpc) is 2.52. The van der Waals surface area contributed by atoms with Crippen molar-refractivity contribution in [2.75, 3.05) is 0 Å². The number of hydrogen-bond acceptors (Lipinski definition) is 0. The SMILES string of the molecule is CCC1(C)C(C)C2C3C4C5C(C)C(C)C5(C)C4(C)C3(C)C21C. The molecule has 0 aromatic heterocycles. The molecule has 12 atom stereocenters. The van der Waals surface area contributed by atoms with Gasteiger partial charge >= 0.3 is 0 Å². The zero-order chi connectivity index (χ0) is 16.2. The number of hydrogen-bond donors (Lipinski definition) is 0. The van der Waals surface area contributed by atoms with Gasteiger partial charge in [-0.2, -0.15) is 0 Å². The Bertz CT molecular complexity index is 593. The summed E-state index contributed by atoms with van der Waals surface area (Å²) < 4.78 is 0. The lowest BCUT2D eigenvalue weighted by Crippen LogP contribution is -3.00. The van der Waals surface area contributed by atoms with E-state index in [2.05, 4.69) is 62.3 Å². The van der Waals surface area contributed by atoms with E-state index in [0.717, 1.165) is 41.4 Å². The number of rotatable bonds is 1. The van der Waals surface area contributed by atoms with Crippen LogP contribution in [0.1, 0.15) is 68.7 Å². The summed E-state index contributed by atoms with van der Waals surface area (Å²) in [4.78, 5) is 0. The topological polar surface area (TPSA) is 0 Å². The largest absolute Gasteiger partial charge is 0.0648 e. The van der Waals surface area contributed by atoms with Crippen molar-refractivity contribution < 1.29 is 0 Å². The molecule has 0 heteroatoms. The summed E-state index contributed by atoms with van der Waals surface area (Å²) in [5.74, 6) is 7.08. The highest BCUT2D eigenvalue weighted by Crippen LogP contribution is 3.04. The average molecular weight is 301 g/mol. The van der Waals surface area contributed by atoms with E-state index < -0.39 is 0 Å². The third-order valence-electron chi connectivity index (χ3n) is 12.9. The molecule has 0 aliphatic heterocycles. The maximum absolute atomic E-state index is 2.72. The second kappa shape index (κ2) is 3.11. The molecular formula is C22H36. The molecule has 5 saturated carbocycles. The molecule has 12 unspecified atom stereocenters. The molecule has 0 radical (unpaired) electrons. The van der Waals surface area contributed by atoms with E-state index in [1.54, 1.807) is 0 Å². The van der Waals surface area contributed by atoms with Crippen LogP contribution in [-0.4, -0.2) is 0 Å². The van der Waals surface area contributed by atoms with Crippen molar-refractivity contribution in [2.45, 2.75) is 68.7 Å². The summed E-state index contributed by atoms with van der Waals surface area (Å²) in [7, 11) is 0. The third-order valence-corrected chi connectivity index (χ3v) is 12.9. The molecule has 5 aliphatic carbocycles. The monoisotopic (exact) mass is 300 g/mol. The molecule has 0 heterocycles. The molecule has 0 aromatic rings. The Morgan fingerprint density at radius 2 is 1.18 bits per heavy atom. The molecule has 0 nitrogen and oxygen atoms in total. The first-order valence-electron chi connectivity index (χ1n) is 10.0. The Labute approximate surface area is 137 Å². The van der Waals surface area contributed by atoms with Crippen molar-refractivity contribution in [3.8, 4) is 0 Å². The first kappa shape index (κ1) is 14.4.